The molecule has 3 fully saturated rings. The van der Waals surface area contributed by atoms with Gasteiger partial charge in [-0.05, 0) is 82.0 Å². The third kappa shape index (κ3) is 3.33. The molecule has 1 spiro atoms. The number of piperidine rings is 1. The summed E-state index contributed by atoms with van der Waals surface area (Å²) in [5.74, 6) is 2.07. The van der Waals surface area contributed by atoms with Gasteiger partial charge in [-0.1, -0.05) is 19.8 Å². The maximum atomic E-state index is 3.52. The SMILES string of the molecule is CCCC1CCCN(CC2CC23CCNCC3)CC1. The minimum absolute atomic E-state index is 0.778. The lowest BCUT2D eigenvalue weighted by Gasteiger charge is -2.26. The summed E-state index contributed by atoms with van der Waals surface area (Å²) >= 11 is 0. The van der Waals surface area contributed by atoms with Crippen LogP contribution in [0.1, 0.15) is 58.3 Å². The van der Waals surface area contributed by atoms with Gasteiger partial charge < -0.3 is 10.2 Å². The maximum absolute atomic E-state index is 3.52. The first-order chi connectivity index (χ1) is 9.32. The first-order valence-electron chi connectivity index (χ1n) is 8.75. The van der Waals surface area contributed by atoms with Gasteiger partial charge in [0.2, 0.25) is 0 Å². The van der Waals surface area contributed by atoms with E-state index in [-0.39, 0.29) is 0 Å². The Morgan fingerprint density at radius 2 is 2.00 bits per heavy atom. The molecule has 19 heavy (non-hydrogen) atoms. The molecule has 0 radical (unpaired) electrons. The highest BCUT2D eigenvalue weighted by atomic mass is 15.1. The highest BCUT2D eigenvalue weighted by Gasteiger charge is 2.53. The number of nitrogens with zero attached hydrogens (tertiary/aromatic N) is 1. The Kier molecular flexibility index (Phi) is 4.48. The number of likely N-dealkylation sites (tertiary alicyclic amines) is 1. The van der Waals surface area contributed by atoms with Gasteiger partial charge in [-0.2, -0.15) is 0 Å². The fourth-order valence-corrected chi connectivity index (χ4v) is 4.64. The minimum Gasteiger partial charge on any atom is -0.317 e. The standard InChI is InChI=1S/C17H32N2/c1-2-4-15-5-3-11-19(12-6-15)14-16-13-17(16)7-9-18-10-8-17/h15-16,18H,2-14H2,1H3. The van der Waals surface area contributed by atoms with Gasteiger partial charge >= 0.3 is 0 Å². The monoisotopic (exact) mass is 264 g/mol. The summed E-state index contributed by atoms with van der Waals surface area (Å²) in [5, 5.41) is 3.52. The zero-order valence-electron chi connectivity index (χ0n) is 12.8. The molecule has 3 rings (SSSR count). The van der Waals surface area contributed by atoms with E-state index in [9.17, 15) is 0 Å². The summed E-state index contributed by atoms with van der Waals surface area (Å²) in [6.07, 6.45) is 11.7. The Morgan fingerprint density at radius 1 is 1.16 bits per heavy atom. The van der Waals surface area contributed by atoms with Crippen molar-refractivity contribution in [3.8, 4) is 0 Å². The van der Waals surface area contributed by atoms with Crippen molar-refractivity contribution in [2.24, 2.45) is 17.3 Å². The maximum Gasteiger partial charge on any atom is 0.00152 e. The van der Waals surface area contributed by atoms with Crippen molar-refractivity contribution in [3.05, 3.63) is 0 Å². The van der Waals surface area contributed by atoms with E-state index in [0.717, 1.165) is 17.3 Å². The largest absolute Gasteiger partial charge is 0.317 e. The summed E-state index contributed by atoms with van der Waals surface area (Å²) in [6, 6.07) is 0. The molecule has 110 valence electrons. The number of rotatable bonds is 4. The predicted octanol–water partition coefficient (Wildman–Crippen LogP) is 3.28. The van der Waals surface area contributed by atoms with E-state index in [2.05, 4.69) is 17.1 Å². The summed E-state index contributed by atoms with van der Waals surface area (Å²) in [6.45, 7) is 9.07. The molecule has 0 bridgehead atoms. The molecule has 2 saturated heterocycles. The molecule has 1 N–H and O–H groups in total. The summed E-state index contributed by atoms with van der Waals surface area (Å²) in [7, 11) is 0. The van der Waals surface area contributed by atoms with Crippen LogP contribution < -0.4 is 5.32 Å². The van der Waals surface area contributed by atoms with Crippen LogP contribution in [0.5, 0.6) is 0 Å². The Balaban J connectivity index is 1.43. The molecular weight excluding hydrogens is 232 g/mol. The van der Waals surface area contributed by atoms with Crippen LogP contribution in [0.15, 0.2) is 0 Å². The second-order valence-corrected chi connectivity index (χ2v) is 7.40. The Labute approximate surface area is 119 Å². The van der Waals surface area contributed by atoms with Crippen molar-refractivity contribution >= 4 is 0 Å². The zero-order valence-corrected chi connectivity index (χ0v) is 12.8. The van der Waals surface area contributed by atoms with Gasteiger partial charge in [0.05, 0.1) is 0 Å². The number of nitrogens with one attached hydrogen (secondary N) is 1. The number of hydrogen-bond acceptors (Lipinski definition) is 2. The fourth-order valence-electron chi connectivity index (χ4n) is 4.64. The average Bonchev–Trinajstić information content (AvgIpc) is 3.12. The molecule has 0 aromatic rings. The van der Waals surface area contributed by atoms with Crippen LogP contribution in [0.4, 0.5) is 0 Å². The average molecular weight is 264 g/mol. The van der Waals surface area contributed by atoms with Gasteiger partial charge in [0.25, 0.3) is 0 Å². The molecule has 3 aliphatic rings. The van der Waals surface area contributed by atoms with Crippen LogP contribution in [0.3, 0.4) is 0 Å². The topological polar surface area (TPSA) is 15.3 Å². The summed E-state index contributed by atoms with van der Waals surface area (Å²) in [5.41, 5.74) is 0.778. The lowest BCUT2D eigenvalue weighted by molar-refractivity contribution is 0.232. The van der Waals surface area contributed by atoms with Crippen molar-refractivity contribution in [1.29, 1.82) is 0 Å². The molecule has 0 amide bonds. The van der Waals surface area contributed by atoms with Gasteiger partial charge in [-0.15, -0.1) is 0 Å². The highest BCUT2D eigenvalue weighted by molar-refractivity contribution is 5.05. The molecule has 0 aromatic heterocycles. The van der Waals surface area contributed by atoms with Crippen LogP contribution in [0, 0.1) is 17.3 Å². The first kappa shape index (κ1) is 13.9. The lowest BCUT2D eigenvalue weighted by Crippen LogP contribution is -2.33. The normalized spacial score (nSPS) is 35.2. The van der Waals surface area contributed by atoms with E-state index in [0.29, 0.717) is 0 Å². The van der Waals surface area contributed by atoms with E-state index in [1.807, 2.05) is 0 Å². The van der Waals surface area contributed by atoms with Crippen LogP contribution in [-0.2, 0) is 0 Å². The second-order valence-electron chi connectivity index (χ2n) is 7.40. The van der Waals surface area contributed by atoms with Crippen LogP contribution in [-0.4, -0.2) is 37.6 Å². The molecule has 2 heterocycles. The van der Waals surface area contributed by atoms with Crippen molar-refractivity contribution < 1.29 is 0 Å². The fraction of sp³-hybridized carbons (Fsp3) is 1.00. The predicted molar refractivity (Wildman–Crippen MR) is 81.3 cm³/mol. The molecule has 2 aliphatic heterocycles. The van der Waals surface area contributed by atoms with Gasteiger partial charge in [0.15, 0.2) is 0 Å². The van der Waals surface area contributed by atoms with Gasteiger partial charge in [0, 0.05) is 6.54 Å². The van der Waals surface area contributed by atoms with Gasteiger partial charge in [-0.25, -0.2) is 0 Å². The molecule has 1 saturated carbocycles. The molecule has 2 atom stereocenters. The molecule has 2 heteroatoms. The molecule has 2 unspecified atom stereocenters. The number of hydrogen-bond donors (Lipinski definition) is 1. The minimum atomic E-state index is 0.778. The smallest absolute Gasteiger partial charge is 0.00152 e. The van der Waals surface area contributed by atoms with E-state index in [4.69, 9.17) is 0 Å². The summed E-state index contributed by atoms with van der Waals surface area (Å²) < 4.78 is 0. The quantitative estimate of drug-likeness (QED) is 0.838. The van der Waals surface area contributed by atoms with Crippen LogP contribution in [0.25, 0.3) is 0 Å². The molecule has 0 aromatic carbocycles. The summed E-state index contributed by atoms with van der Waals surface area (Å²) in [4.78, 5) is 2.80. The van der Waals surface area contributed by atoms with E-state index >= 15 is 0 Å². The molecular formula is C17H32N2. The van der Waals surface area contributed by atoms with Crippen molar-refractivity contribution in [1.82, 2.24) is 10.2 Å². The Bertz CT molecular complexity index is 283. The van der Waals surface area contributed by atoms with Gasteiger partial charge in [-0.3, -0.25) is 0 Å². The van der Waals surface area contributed by atoms with E-state index in [1.54, 1.807) is 0 Å². The first-order valence-corrected chi connectivity index (χ1v) is 8.75. The van der Waals surface area contributed by atoms with Crippen molar-refractivity contribution in [3.63, 3.8) is 0 Å². The van der Waals surface area contributed by atoms with Crippen molar-refractivity contribution in [2.75, 3.05) is 32.7 Å². The highest BCUT2D eigenvalue weighted by Crippen LogP contribution is 2.58. The van der Waals surface area contributed by atoms with E-state index in [1.165, 1.54) is 84.1 Å². The zero-order chi connectivity index (χ0) is 13.1. The second kappa shape index (κ2) is 6.13. The lowest BCUT2D eigenvalue weighted by atomic mass is 9.92. The van der Waals surface area contributed by atoms with Gasteiger partial charge in [0.1, 0.15) is 0 Å². The third-order valence-electron chi connectivity index (χ3n) is 6.07. The molecule has 2 nitrogen and oxygen atoms in total. The third-order valence-corrected chi connectivity index (χ3v) is 6.07. The van der Waals surface area contributed by atoms with E-state index < -0.39 is 0 Å². The van der Waals surface area contributed by atoms with Crippen LogP contribution in [0.2, 0.25) is 0 Å². The Hall–Kier alpha value is -0.0800. The van der Waals surface area contributed by atoms with Crippen molar-refractivity contribution in [2.45, 2.75) is 58.3 Å². The molecule has 1 aliphatic carbocycles. The van der Waals surface area contributed by atoms with Crippen LogP contribution >= 0.6 is 0 Å². The Morgan fingerprint density at radius 3 is 2.79 bits per heavy atom.